The van der Waals surface area contributed by atoms with Crippen molar-refractivity contribution in [2.45, 2.75) is 6.92 Å². The molecule has 0 bridgehead atoms. The number of benzene rings is 2. The summed E-state index contributed by atoms with van der Waals surface area (Å²) < 4.78 is 0. The van der Waals surface area contributed by atoms with Crippen LogP contribution in [0, 0.1) is 19.3 Å². The normalized spacial score (nSPS) is 9.78. The quantitative estimate of drug-likeness (QED) is 0.812. The van der Waals surface area contributed by atoms with E-state index in [1.807, 2.05) is 31.2 Å². The van der Waals surface area contributed by atoms with Gasteiger partial charge in [-0.05, 0) is 30.2 Å². The SMILES string of the molecule is C#Cc1cccc(C(=O)O)c1-c1ccccc1C. The molecule has 1 N–H and O–H groups in total. The molecule has 0 fully saturated rings. The van der Waals surface area contributed by atoms with Gasteiger partial charge in [-0.25, -0.2) is 4.79 Å². The number of carbonyl (C=O) groups is 1. The topological polar surface area (TPSA) is 37.3 Å². The summed E-state index contributed by atoms with van der Waals surface area (Å²) >= 11 is 0. The first-order chi connectivity index (χ1) is 8.65. The van der Waals surface area contributed by atoms with E-state index in [-0.39, 0.29) is 5.56 Å². The van der Waals surface area contributed by atoms with Gasteiger partial charge >= 0.3 is 5.97 Å². The zero-order valence-electron chi connectivity index (χ0n) is 9.97. The van der Waals surface area contributed by atoms with Crippen molar-refractivity contribution in [2.24, 2.45) is 0 Å². The third kappa shape index (κ3) is 1.99. The van der Waals surface area contributed by atoms with Crippen LogP contribution in [0.2, 0.25) is 0 Å². The Morgan fingerprint density at radius 1 is 1.17 bits per heavy atom. The molecule has 0 atom stereocenters. The van der Waals surface area contributed by atoms with Crippen molar-refractivity contribution in [3.8, 4) is 23.5 Å². The zero-order valence-corrected chi connectivity index (χ0v) is 9.97. The van der Waals surface area contributed by atoms with E-state index in [1.165, 1.54) is 0 Å². The van der Waals surface area contributed by atoms with Crippen LogP contribution in [0.4, 0.5) is 0 Å². The summed E-state index contributed by atoms with van der Waals surface area (Å²) in [5.74, 6) is 1.59. The van der Waals surface area contributed by atoms with Crippen LogP contribution in [0.3, 0.4) is 0 Å². The van der Waals surface area contributed by atoms with Gasteiger partial charge < -0.3 is 5.11 Å². The van der Waals surface area contributed by atoms with Crippen molar-refractivity contribution < 1.29 is 9.90 Å². The maximum Gasteiger partial charge on any atom is 0.336 e. The highest BCUT2D eigenvalue weighted by atomic mass is 16.4. The van der Waals surface area contributed by atoms with Crippen molar-refractivity contribution in [3.63, 3.8) is 0 Å². The molecule has 2 nitrogen and oxygen atoms in total. The lowest BCUT2D eigenvalue weighted by molar-refractivity contribution is 0.0697. The van der Waals surface area contributed by atoms with Crippen molar-refractivity contribution in [1.29, 1.82) is 0 Å². The monoisotopic (exact) mass is 236 g/mol. The molecular weight excluding hydrogens is 224 g/mol. The largest absolute Gasteiger partial charge is 0.478 e. The van der Waals surface area contributed by atoms with Crippen molar-refractivity contribution in [2.75, 3.05) is 0 Å². The first kappa shape index (κ1) is 11.9. The number of carboxylic acids is 1. The fraction of sp³-hybridized carbons (Fsp3) is 0.0625. The predicted octanol–water partition coefficient (Wildman–Crippen LogP) is 3.34. The molecule has 0 saturated heterocycles. The lowest BCUT2D eigenvalue weighted by atomic mass is 9.92. The Bertz CT molecular complexity index is 648. The van der Waals surface area contributed by atoms with Gasteiger partial charge in [0.15, 0.2) is 0 Å². The van der Waals surface area contributed by atoms with Gasteiger partial charge in [0, 0.05) is 11.1 Å². The van der Waals surface area contributed by atoms with Gasteiger partial charge in [-0.15, -0.1) is 6.42 Å². The molecule has 2 aromatic carbocycles. The summed E-state index contributed by atoms with van der Waals surface area (Å²) in [6.45, 7) is 1.94. The lowest BCUT2D eigenvalue weighted by Crippen LogP contribution is -2.02. The number of aromatic carboxylic acids is 1. The van der Waals surface area contributed by atoms with Crippen LogP contribution in [0.25, 0.3) is 11.1 Å². The summed E-state index contributed by atoms with van der Waals surface area (Å²) in [6, 6.07) is 12.6. The highest BCUT2D eigenvalue weighted by Gasteiger charge is 2.15. The van der Waals surface area contributed by atoms with Crippen molar-refractivity contribution >= 4 is 5.97 Å². The number of hydrogen-bond donors (Lipinski definition) is 1. The molecule has 0 radical (unpaired) electrons. The Morgan fingerprint density at radius 2 is 1.89 bits per heavy atom. The number of aryl methyl sites for hydroxylation is 1. The van der Waals surface area contributed by atoms with Crippen molar-refractivity contribution in [1.82, 2.24) is 0 Å². The molecule has 2 heteroatoms. The van der Waals surface area contributed by atoms with Gasteiger partial charge in [-0.1, -0.05) is 36.3 Å². The molecular formula is C16H12O2. The minimum absolute atomic E-state index is 0.236. The molecule has 0 aromatic heterocycles. The van der Waals surface area contributed by atoms with Crippen molar-refractivity contribution in [3.05, 3.63) is 59.2 Å². The lowest BCUT2D eigenvalue weighted by Gasteiger charge is -2.11. The second-order valence-electron chi connectivity index (χ2n) is 3.99. The first-order valence-corrected chi connectivity index (χ1v) is 5.54. The van der Waals surface area contributed by atoms with E-state index in [9.17, 15) is 9.90 Å². The van der Waals surface area contributed by atoms with Crippen LogP contribution in [-0.2, 0) is 0 Å². The number of hydrogen-bond acceptors (Lipinski definition) is 1. The number of terminal acetylenes is 1. The summed E-state index contributed by atoms with van der Waals surface area (Å²) in [6.07, 6.45) is 5.46. The molecule has 0 aliphatic heterocycles. The molecule has 2 aromatic rings. The molecule has 0 spiro atoms. The third-order valence-electron chi connectivity index (χ3n) is 2.86. The molecule has 0 aliphatic carbocycles. The van der Waals surface area contributed by atoms with E-state index in [4.69, 9.17) is 6.42 Å². The smallest absolute Gasteiger partial charge is 0.336 e. The highest BCUT2D eigenvalue weighted by Crippen LogP contribution is 2.30. The Labute approximate surface area is 106 Å². The summed E-state index contributed by atoms with van der Waals surface area (Å²) in [7, 11) is 0. The van der Waals surface area contributed by atoms with Gasteiger partial charge in [0.05, 0.1) is 5.56 Å². The van der Waals surface area contributed by atoms with Gasteiger partial charge in [0.1, 0.15) is 0 Å². The Morgan fingerprint density at radius 3 is 2.50 bits per heavy atom. The Hall–Kier alpha value is -2.53. The van der Waals surface area contributed by atoms with Gasteiger partial charge in [-0.3, -0.25) is 0 Å². The third-order valence-corrected chi connectivity index (χ3v) is 2.86. The maximum absolute atomic E-state index is 11.3. The molecule has 0 unspecified atom stereocenters. The van der Waals surface area contributed by atoms with Crippen LogP contribution < -0.4 is 0 Å². The molecule has 0 aliphatic rings. The first-order valence-electron chi connectivity index (χ1n) is 5.54. The molecule has 18 heavy (non-hydrogen) atoms. The van der Waals surface area contributed by atoms with E-state index >= 15 is 0 Å². The second kappa shape index (κ2) is 4.77. The molecule has 88 valence electrons. The van der Waals surface area contributed by atoms with E-state index < -0.39 is 5.97 Å². The van der Waals surface area contributed by atoms with E-state index in [2.05, 4.69) is 5.92 Å². The standard InChI is InChI=1S/C16H12O2/c1-3-12-8-6-10-14(16(17)18)15(12)13-9-5-4-7-11(13)2/h1,4-10H,2H3,(H,17,18). The number of rotatable bonds is 2. The molecule has 2 rings (SSSR count). The zero-order chi connectivity index (χ0) is 13.1. The minimum Gasteiger partial charge on any atom is -0.478 e. The fourth-order valence-electron chi connectivity index (χ4n) is 1.99. The Balaban J connectivity index is 2.81. The van der Waals surface area contributed by atoms with Gasteiger partial charge in [-0.2, -0.15) is 0 Å². The molecule has 0 heterocycles. The summed E-state index contributed by atoms with van der Waals surface area (Å²) in [5, 5.41) is 9.27. The predicted molar refractivity (Wildman–Crippen MR) is 71.5 cm³/mol. The van der Waals surface area contributed by atoms with Crippen LogP contribution >= 0.6 is 0 Å². The van der Waals surface area contributed by atoms with Gasteiger partial charge in [0.2, 0.25) is 0 Å². The molecule has 0 saturated carbocycles. The Kier molecular flexibility index (Phi) is 3.16. The van der Waals surface area contributed by atoms with Crippen LogP contribution in [-0.4, -0.2) is 11.1 Å². The summed E-state index contributed by atoms with van der Waals surface area (Å²) in [4.78, 5) is 11.3. The van der Waals surface area contributed by atoms with E-state index in [0.717, 1.165) is 11.1 Å². The molecule has 0 amide bonds. The van der Waals surface area contributed by atoms with Crippen LogP contribution in [0.15, 0.2) is 42.5 Å². The van der Waals surface area contributed by atoms with E-state index in [0.29, 0.717) is 11.1 Å². The van der Waals surface area contributed by atoms with Gasteiger partial charge in [0.25, 0.3) is 0 Å². The number of carboxylic acid groups (broad SMARTS) is 1. The minimum atomic E-state index is -0.967. The van der Waals surface area contributed by atoms with E-state index in [1.54, 1.807) is 18.2 Å². The van der Waals surface area contributed by atoms with Crippen LogP contribution in [0.1, 0.15) is 21.5 Å². The maximum atomic E-state index is 11.3. The fourth-order valence-corrected chi connectivity index (χ4v) is 1.99. The summed E-state index contributed by atoms with van der Waals surface area (Å²) in [5.41, 5.74) is 3.32. The highest BCUT2D eigenvalue weighted by molar-refractivity contribution is 5.98. The average molecular weight is 236 g/mol. The second-order valence-corrected chi connectivity index (χ2v) is 3.99. The average Bonchev–Trinajstić information content (AvgIpc) is 2.38. The van der Waals surface area contributed by atoms with Crippen LogP contribution in [0.5, 0.6) is 0 Å².